The maximum atomic E-state index is 3.42. The van der Waals surface area contributed by atoms with Gasteiger partial charge in [0.2, 0.25) is 0 Å². The molecule has 0 aliphatic rings. The zero-order valence-corrected chi connectivity index (χ0v) is 4.99. The molecule has 0 aliphatic carbocycles. The molecule has 0 aromatic heterocycles. The Bertz CT molecular complexity index is 18.3. The summed E-state index contributed by atoms with van der Waals surface area (Å²) < 4.78 is 0. The van der Waals surface area contributed by atoms with Gasteiger partial charge in [-0.1, -0.05) is 7.43 Å². The third-order valence-electron chi connectivity index (χ3n) is 0. The fourth-order valence-corrected chi connectivity index (χ4v) is 0. The van der Waals surface area contributed by atoms with Gasteiger partial charge in [0.05, 0.1) is 0 Å². The summed E-state index contributed by atoms with van der Waals surface area (Å²) in [5.41, 5.74) is 1.89. The SMILES string of the molecule is C.C=C[SiH3].N.[AlH3]. The molecule has 40 valence electrons. The van der Waals surface area contributed by atoms with Crippen LogP contribution in [0.1, 0.15) is 7.43 Å². The van der Waals surface area contributed by atoms with E-state index in [1.807, 2.05) is 5.70 Å². The van der Waals surface area contributed by atoms with Gasteiger partial charge in [-0.2, -0.15) is 0 Å². The molecule has 3 heteroatoms. The zero-order valence-electron chi connectivity index (χ0n) is 2.99. The van der Waals surface area contributed by atoms with Gasteiger partial charge in [0.15, 0.2) is 17.4 Å². The Labute approximate surface area is 54.0 Å². The van der Waals surface area contributed by atoms with Crippen molar-refractivity contribution in [3.63, 3.8) is 0 Å². The Balaban J connectivity index is -0.00000000667. The Morgan fingerprint density at radius 2 is 1.50 bits per heavy atom. The highest BCUT2D eigenvalue weighted by Crippen LogP contribution is 1.24. The average Bonchev–Trinajstić information content (AvgIpc) is 0.918. The predicted molar refractivity (Wildman–Crippen MR) is 41.8 cm³/mol. The summed E-state index contributed by atoms with van der Waals surface area (Å²) in [6, 6.07) is 0. The van der Waals surface area contributed by atoms with Gasteiger partial charge < -0.3 is 6.15 Å². The highest BCUT2D eigenvalue weighted by atomic mass is 28.1. The van der Waals surface area contributed by atoms with Gasteiger partial charge in [-0.15, -0.1) is 12.3 Å². The van der Waals surface area contributed by atoms with Gasteiger partial charge in [-0.05, 0) is 0 Å². The number of hydrogen-bond acceptors (Lipinski definition) is 1. The second kappa shape index (κ2) is 51.4. The van der Waals surface area contributed by atoms with Crippen LogP contribution in [0.3, 0.4) is 0 Å². The summed E-state index contributed by atoms with van der Waals surface area (Å²) in [4.78, 5) is 0. The van der Waals surface area contributed by atoms with Crippen LogP contribution >= 0.6 is 0 Å². The summed E-state index contributed by atoms with van der Waals surface area (Å²) >= 11 is 0. The summed E-state index contributed by atoms with van der Waals surface area (Å²) in [5.74, 6) is 0. The van der Waals surface area contributed by atoms with Crippen LogP contribution in [-0.2, 0) is 0 Å². The standard InChI is InChI=1S/C2H6Si.CH4.Al.H3N.3H/c1-2-3;;;;;;/h2H,1H2,3H3;1H4;;1H3;;;. The van der Waals surface area contributed by atoms with Crippen molar-refractivity contribution in [3.8, 4) is 0 Å². The quantitative estimate of drug-likeness (QED) is 0.415. The van der Waals surface area contributed by atoms with Crippen molar-refractivity contribution in [2.75, 3.05) is 0 Å². The molecule has 3 N–H and O–H groups in total. The van der Waals surface area contributed by atoms with Crippen LogP contribution in [0.2, 0.25) is 0 Å². The minimum Gasteiger partial charge on any atom is -0.344 e. The molecule has 0 aromatic rings. The molecule has 0 aliphatic heterocycles. The largest absolute Gasteiger partial charge is 0.344 e. The fourth-order valence-electron chi connectivity index (χ4n) is 0. The van der Waals surface area contributed by atoms with Crippen LogP contribution < -0.4 is 6.15 Å². The summed E-state index contributed by atoms with van der Waals surface area (Å²) in [5, 5.41) is 0. The smallest absolute Gasteiger partial charge is 0.187 e. The van der Waals surface area contributed by atoms with E-state index in [2.05, 4.69) is 6.58 Å². The molecule has 0 heterocycles. The molecular weight excluding hydrogens is 105 g/mol. The first-order valence-corrected chi connectivity index (χ1v) is 2.14. The maximum absolute atomic E-state index is 3.42. The minimum absolute atomic E-state index is 0. The summed E-state index contributed by atoms with van der Waals surface area (Å²) in [6.45, 7) is 3.42. The average molecular weight is 121 g/mol. The normalized spacial score (nSPS) is 2.67. The maximum Gasteiger partial charge on any atom is 0.187 e. The number of hydrogen-bond donors (Lipinski definition) is 1. The van der Waals surface area contributed by atoms with E-state index < -0.39 is 0 Å². The Morgan fingerprint density at radius 1 is 1.50 bits per heavy atom. The lowest BCUT2D eigenvalue weighted by Crippen LogP contribution is -1.29. The van der Waals surface area contributed by atoms with E-state index in [0.717, 1.165) is 10.2 Å². The Morgan fingerprint density at radius 3 is 1.50 bits per heavy atom. The second-order valence-electron chi connectivity index (χ2n) is 0.408. The second-order valence-corrected chi connectivity index (χ2v) is 1.22. The fraction of sp³-hybridized carbons (Fsp3) is 0.333. The van der Waals surface area contributed by atoms with E-state index in [0.29, 0.717) is 0 Å². The highest BCUT2D eigenvalue weighted by molar-refractivity contribution is 6.16. The monoisotopic (exact) mass is 121 g/mol. The van der Waals surface area contributed by atoms with E-state index in [1.54, 1.807) is 0 Å². The highest BCUT2D eigenvalue weighted by Gasteiger charge is 1.16. The molecule has 0 unspecified atom stereocenters. The lowest BCUT2D eigenvalue weighted by atomic mass is 11.3. The van der Waals surface area contributed by atoms with Crippen molar-refractivity contribution < 1.29 is 0 Å². The summed E-state index contributed by atoms with van der Waals surface area (Å²) in [7, 11) is 1.13. The molecular formula is C3H16AlNSi. The lowest BCUT2D eigenvalue weighted by molar-refractivity contribution is 2.13. The Hall–Kier alpha value is 0.449. The molecule has 0 rings (SSSR count). The topological polar surface area (TPSA) is 35.0 Å². The van der Waals surface area contributed by atoms with Gasteiger partial charge in [0.1, 0.15) is 0 Å². The van der Waals surface area contributed by atoms with Gasteiger partial charge in [0.25, 0.3) is 0 Å². The first-order chi connectivity index (χ1) is 1.41. The third-order valence-corrected chi connectivity index (χ3v) is 0. The Kier molecular flexibility index (Phi) is 273. The van der Waals surface area contributed by atoms with E-state index in [4.69, 9.17) is 0 Å². The van der Waals surface area contributed by atoms with Crippen molar-refractivity contribution in [2.45, 2.75) is 7.43 Å². The van der Waals surface area contributed by atoms with Gasteiger partial charge >= 0.3 is 0 Å². The van der Waals surface area contributed by atoms with Crippen LogP contribution in [-0.4, -0.2) is 27.6 Å². The van der Waals surface area contributed by atoms with Crippen molar-refractivity contribution in [1.29, 1.82) is 0 Å². The first-order valence-electron chi connectivity index (χ1n) is 0.986. The zero-order chi connectivity index (χ0) is 2.71. The molecule has 0 saturated heterocycles. The van der Waals surface area contributed by atoms with Crippen molar-refractivity contribution in [3.05, 3.63) is 12.3 Å². The molecule has 0 bridgehead atoms. The first kappa shape index (κ1) is 31.9. The molecule has 0 saturated carbocycles. The van der Waals surface area contributed by atoms with E-state index in [9.17, 15) is 0 Å². The third kappa shape index (κ3) is 262. The molecule has 1 nitrogen and oxygen atoms in total. The van der Waals surface area contributed by atoms with E-state index in [-0.39, 0.29) is 30.9 Å². The van der Waals surface area contributed by atoms with Crippen molar-refractivity contribution >= 4 is 27.6 Å². The van der Waals surface area contributed by atoms with Gasteiger partial charge in [-0.3, -0.25) is 0 Å². The van der Waals surface area contributed by atoms with E-state index >= 15 is 0 Å². The van der Waals surface area contributed by atoms with Gasteiger partial charge in [0, 0.05) is 10.2 Å². The number of rotatable bonds is 0. The molecule has 6 heavy (non-hydrogen) atoms. The molecule has 0 aromatic carbocycles. The predicted octanol–water partition coefficient (Wildman–Crippen LogP) is -0.891. The van der Waals surface area contributed by atoms with E-state index in [1.165, 1.54) is 0 Å². The van der Waals surface area contributed by atoms with Gasteiger partial charge in [-0.25, -0.2) is 0 Å². The molecule has 0 amide bonds. The van der Waals surface area contributed by atoms with Crippen LogP contribution in [0.25, 0.3) is 0 Å². The molecule has 0 atom stereocenters. The summed E-state index contributed by atoms with van der Waals surface area (Å²) in [6.07, 6.45) is 0. The van der Waals surface area contributed by atoms with Crippen LogP contribution in [0.15, 0.2) is 12.3 Å². The molecule has 0 radical (unpaired) electrons. The van der Waals surface area contributed by atoms with Crippen LogP contribution in [0, 0.1) is 0 Å². The molecule has 0 spiro atoms. The van der Waals surface area contributed by atoms with Crippen molar-refractivity contribution in [2.24, 2.45) is 0 Å². The van der Waals surface area contributed by atoms with Crippen LogP contribution in [0.4, 0.5) is 0 Å². The molecule has 0 fully saturated rings. The van der Waals surface area contributed by atoms with Crippen molar-refractivity contribution in [1.82, 2.24) is 6.15 Å². The minimum atomic E-state index is 0. The lowest BCUT2D eigenvalue weighted by Gasteiger charge is -1.29. The van der Waals surface area contributed by atoms with Crippen LogP contribution in [0.5, 0.6) is 0 Å².